The predicted octanol–water partition coefficient (Wildman–Crippen LogP) is 4.62. The zero-order valence-corrected chi connectivity index (χ0v) is 16.9. The van der Waals surface area contributed by atoms with E-state index in [9.17, 15) is 9.90 Å². The fourth-order valence-electron chi connectivity index (χ4n) is 3.51. The lowest BCUT2D eigenvalue weighted by atomic mass is 10.0. The maximum Gasteiger partial charge on any atom is 0.257 e. The highest BCUT2D eigenvalue weighted by atomic mass is 16.3. The average molecular weight is 377 g/mol. The standard InChI is InChI=1S/C24H28N2O2/c1-4-21-20(16-17(2)3)24(28)26(15-14-18-10-6-5-7-11-18)23(25-21)19-12-8-9-13-22(19)27/h5-13,17,27H,4,14-16H2,1-3H3. The van der Waals surface area contributed by atoms with Crippen LogP contribution in [-0.2, 0) is 25.8 Å². The molecule has 1 N–H and O–H groups in total. The number of nitrogens with zero attached hydrogens (tertiary/aromatic N) is 2. The lowest BCUT2D eigenvalue weighted by molar-refractivity contribution is 0.475. The summed E-state index contributed by atoms with van der Waals surface area (Å²) in [7, 11) is 0. The molecule has 0 amide bonds. The van der Waals surface area contributed by atoms with Gasteiger partial charge in [0.15, 0.2) is 0 Å². The molecule has 28 heavy (non-hydrogen) atoms. The highest BCUT2D eigenvalue weighted by Gasteiger charge is 2.19. The van der Waals surface area contributed by atoms with E-state index in [1.54, 1.807) is 16.7 Å². The van der Waals surface area contributed by atoms with Crippen molar-refractivity contribution < 1.29 is 5.11 Å². The fourth-order valence-corrected chi connectivity index (χ4v) is 3.51. The van der Waals surface area contributed by atoms with Crippen molar-refractivity contribution in [2.45, 2.75) is 46.6 Å². The number of hydrogen-bond acceptors (Lipinski definition) is 3. The van der Waals surface area contributed by atoms with Gasteiger partial charge in [-0.15, -0.1) is 0 Å². The summed E-state index contributed by atoms with van der Waals surface area (Å²) < 4.78 is 1.74. The molecule has 0 saturated heterocycles. The van der Waals surface area contributed by atoms with Gasteiger partial charge in [0.1, 0.15) is 11.6 Å². The Kier molecular flexibility index (Phi) is 6.30. The number of aromatic hydroxyl groups is 1. The highest BCUT2D eigenvalue weighted by Crippen LogP contribution is 2.27. The average Bonchev–Trinajstić information content (AvgIpc) is 2.69. The molecule has 2 aromatic carbocycles. The fraction of sp³-hybridized carbons (Fsp3) is 0.333. The first-order valence-electron chi connectivity index (χ1n) is 9.96. The molecule has 0 unspecified atom stereocenters. The van der Waals surface area contributed by atoms with Crippen molar-refractivity contribution >= 4 is 0 Å². The monoisotopic (exact) mass is 376 g/mol. The number of hydrogen-bond donors (Lipinski definition) is 1. The molecule has 0 aliphatic carbocycles. The Hall–Kier alpha value is -2.88. The molecule has 0 bridgehead atoms. The molecule has 1 aromatic heterocycles. The van der Waals surface area contributed by atoms with Crippen molar-refractivity contribution in [3.63, 3.8) is 0 Å². The minimum atomic E-state index is 0.00901. The highest BCUT2D eigenvalue weighted by molar-refractivity contribution is 5.64. The third-order valence-corrected chi connectivity index (χ3v) is 4.91. The summed E-state index contributed by atoms with van der Waals surface area (Å²) in [6.45, 7) is 6.78. The summed E-state index contributed by atoms with van der Waals surface area (Å²) in [6, 6.07) is 17.2. The summed E-state index contributed by atoms with van der Waals surface area (Å²) in [5.41, 5.74) is 3.40. The molecule has 0 radical (unpaired) electrons. The van der Waals surface area contributed by atoms with E-state index in [-0.39, 0.29) is 11.3 Å². The number of phenols is 1. The Balaban J connectivity index is 2.14. The summed E-state index contributed by atoms with van der Waals surface area (Å²) in [5, 5.41) is 10.4. The molecule has 1 heterocycles. The normalized spacial score (nSPS) is 11.1. The largest absolute Gasteiger partial charge is 0.507 e. The van der Waals surface area contributed by atoms with Gasteiger partial charge in [-0.1, -0.05) is 63.2 Å². The van der Waals surface area contributed by atoms with E-state index in [1.165, 1.54) is 5.56 Å². The molecule has 4 nitrogen and oxygen atoms in total. The van der Waals surface area contributed by atoms with Crippen molar-refractivity contribution in [3.05, 3.63) is 81.8 Å². The summed E-state index contributed by atoms with van der Waals surface area (Å²) in [6.07, 6.45) is 2.13. The number of aryl methyl sites for hydroxylation is 2. The molecule has 146 valence electrons. The van der Waals surface area contributed by atoms with Crippen molar-refractivity contribution in [2.24, 2.45) is 5.92 Å². The van der Waals surface area contributed by atoms with Crippen LogP contribution < -0.4 is 5.56 Å². The molecule has 0 saturated carbocycles. The Morgan fingerprint density at radius 2 is 1.71 bits per heavy atom. The van der Waals surface area contributed by atoms with Crippen molar-refractivity contribution in [1.82, 2.24) is 9.55 Å². The molecule has 4 heteroatoms. The molecule has 0 aliphatic rings. The van der Waals surface area contributed by atoms with Crippen molar-refractivity contribution in [2.75, 3.05) is 0 Å². The second-order valence-electron chi connectivity index (χ2n) is 7.52. The van der Waals surface area contributed by atoms with Crippen LogP contribution in [-0.4, -0.2) is 14.7 Å². The Morgan fingerprint density at radius 1 is 1.04 bits per heavy atom. The van der Waals surface area contributed by atoms with Gasteiger partial charge in [-0.3, -0.25) is 9.36 Å². The van der Waals surface area contributed by atoms with Gasteiger partial charge >= 0.3 is 0 Å². The van der Waals surface area contributed by atoms with E-state index in [0.29, 0.717) is 36.7 Å². The van der Waals surface area contributed by atoms with Gasteiger partial charge in [0.05, 0.1) is 11.3 Å². The maximum absolute atomic E-state index is 13.5. The van der Waals surface area contributed by atoms with Gasteiger partial charge in [0.2, 0.25) is 0 Å². The van der Waals surface area contributed by atoms with Crippen LogP contribution in [0.15, 0.2) is 59.4 Å². The number of aromatic nitrogens is 2. The topological polar surface area (TPSA) is 55.1 Å². The minimum absolute atomic E-state index is 0.00901. The SMILES string of the molecule is CCc1nc(-c2ccccc2O)n(CCc2ccccc2)c(=O)c1CC(C)C. The van der Waals surface area contributed by atoms with Crippen LogP contribution in [0.5, 0.6) is 5.75 Å². The van der Waals surface area contributed by atoms with Gasteiger partial charge in [0, 0.05) is 12.1 Å². The van der Waals surface area contributed by atoms with Crippen LogP contribution in [0.2, 0.25) is 0 Å². The van der Waals surface area contributed by atoms with E-state index < -0.39 is 0 Å². The van der Waals surface area contributed by atoms with Gasteiger partial charge < -0.3 is 5.11 Å². The van der Waals surface area contributed by atoms with E-state index in [4.69, 9.17) is 4.98 Å². The Labute approximate surface area is 166 Å². The van der Waals surface area contributed by atoms with E-state index in [0.717, 1.165) is 17.7 Å². The lowest BCUT2D eigenvalue weighted by Crippen LogP contribution is -2.30. The zero-order valence-electron chi connectivity index (χ0n) is 16.9. The number of benzene rings is 2. The number of rotatable bonds is 7. The molecule has 0 fully saturated rings. The summed E-state index contributed by atoms with van der Waals surface area (Å²) in [4.78, 5) is 18.3. The maximum atomic E-state index is 13.5. The van der Waals surface area contributed by atoms with Crippen LogP contribution in [0, 0.1) is 5.92 Å². The number of phenolic OH excluding ortho intramolecular Hbond substituents is 1. The van der Waals surface area contributed by atoms with Crippen LogP contribution in [0.4, 0.5) is 0 Å². The molecular formula is C24H28N2O2. The summed E-state index contributed by atoms with van der Waals surface area (Å²) in [5.74, 6) is 1.06. The quantitative estimate of drug-likeness (QED) is 0.655. The second kappa shape index (κ2) is 8.87. The van der Waals surface area contributed by atoms with Crippen molar-refractivity contribution in [3.8, 4) is 17.1 Å². The second-order valence-corrected chi connectivity index (χ2v) is 7.52. The first-order chi connectivity index (χ1) is 13.5. The van der Waals surface area contributed by atoms with Gasteiger partial charge in [-0.05, 0) is 42.9 Å². The van der Waals surface area contributed by atoms with E-state index in [1.807, 2.05) is 37.3 Å². The molecule has 0 spiro atoms. The zero-order chi connectivity index (χ0) is 20.1. The van der Waals surface area contributed by atoms with Crippen LogP contribution in [0.25, 0.3) is 11.4 Å². The van der Waals surface area contributed by atoms with Gasteiger partial charge in [0.25, 0.3) is 5.56 Å². The minimum Gasteiger partial charge on any atom is -0.507 e. The lowest BCUT2D eigenvalue weighted by Gasteiger charge is -2.18. The first kappa shape index (κ1) is 19.9. The Bertz CT molecular complexity index is 991. The van der Waals surface area contributed by atoms with Crippen LogP contribution in [0.1, 0.15) is 37.6 Å². The molecule has 3 rings (SSSR count). The Morgan fingerprint density at radius 3 is 2.36 bits per heavy atom. The van der Waals surface area contributed by atoms with Crippen LogP contribution >= 0.6 is 0 Å². The molecule has 0 atom stereocenters. The predicted molar refractivity (Wildman–Crippen MR) is 114 cm³/mol. The van der Waals surface area contributed by atoms with Crippen molar-refractivity contribution in [1.29, 1.82) is 0 Å². The van der Waals surface area contributed by atoms with E-state index in [2.05, 4.69) is 26.0 Å². The summed E-state index contributed by atoms with van der Waals surface area (Å²) >= 11 is 0. The third kappa shape index (κ3) is 4.33. The third-order valence-electron chi connectivity index (χ3n) is 4.91. The smallest absolute Gasteiger partial charge is 0.257 e. The molecule has 0 aliphatic heterocycles. The van der Waals surface area contributed by atoms with Crippen LogP contribution in [0.3, 0.4) is 0 Å². The first-order valence-corrected chi connectivity index (χ1v) is 9.96. The van der Waals surface area contributed by atoms with E-state index >= 15 is 0 Å². The molecule has 3 aromatic rings. The van der Waals surface area contributed by atoms with Gasteiger partial charge in [-0.25, -0.2) is 4.98 Å². The molecular weight excluding hydrogens is 348 g/mol. The van der Waals surface area contributed by atoms with Gasteiger partial charge in [-0.2, -0.15) is 0 Å². The number of para-hydroxylation sites is 1.